The van der Waals surface area contributed by atoms with E-state index in [-0.39, 0.29) is 23.6 Å². The van der Waals surface area contributed by atoms with Crippen LogP contribution in [0.4, 0.5) is 13.2 Å². The predicted molar refractivity (Wildman–Crippen MR) is 106 cm³/mol. The first kappa shape index (κ1) is 22.7. The van der Waals surface area contributed by atoms with Gasteiger partial charge in [-0.05, 0) is 48.9 Å². The van der Waals surface area contributed by atoms with E-state index in [1.165, 1.54) is 43.5 Å². The van der Waals surface area contributed by atoms with Crippen molar-refractivity contribution in [3.63, 3.8) is 0 Å². The Morgan fingerprint density at radius 3 is 2.26 bits per heavy atom. The minimum Gasteiger partial charge on any atom is -0.497 e. The number of carbonyl (C=O) groups is 1. The molecule has 0 radical (unpaired) electrons. The fourth-order valence-electron chi connectivity index (χ4n) is 3.23. The van der Waals surface area contributed by atoms with E-state index in [9.17, 15) is 26.4 Å². The standard InChI is InChI=1S/C21H20F3NO5S/c1-3-30-20(26)13-16-12-19(14-4-6-15(7-5-14)21(22,23)24)25(16)31(27,28)18-10-8-17(29-2)9-11-18/h4-11,13,19H,3,12H2,1-2H3/b16-13+/t19-/m1/s1. The van der Waals surface area contributed by atoms with Crippen molar-refractivity contribution < 1.29 is 35.9 Å². The average molecular weight is 455 g/mol. The zero-order valence-electron chi connectivity index (χ0n) is 16.7. The van der Waals surface area contributed by atoms with Crippen LogP contribution in [0.5, 0.6) is 5.75 Å². The topological polar surface area (TPSA) is 72.9 Å². The van der Waals surface area contributed by atoms with E-state index in [1.807, 2.05) is 0 Å². The third-order valence-corrected chi connectivity index (χ3v) is 6.65. The normalized spacial score (nSPS) is 17.9. The van der Waals surface area contributed by atoms with Gasteiger partial charge in [-0.15, -0.1) is 0 Å². The van der Waals surface area contributed by atoms with Crippen LogP contribution in [0.25, 0.3) is 0 Å². The van der Waals surface area contributed by atoms with Gasteiger partial charge in [-0.1, -0.05) is 12.1 Å². The third kappa shape index (κ3) is 4.68. The monoisotopic (exact) mass is 455 g/mol. The van der Waals surface area contributed by atoms with E-state index in [4.69, 9.17) is 9.47 Å². The Labute approximate surface area is 177 Å². The maximum Gasteiger partial charge on any atom is 0.416 e. The molecule has 1 atom stereocenters. The molecule has 0 N–H and O–H groups in total. The molecule has 1 aliphatic rings. The first-order chi connectivity index (χ1) is 14.6. The fraction of sp³-hybridized carbons (Fsp3) is 0.286. The third-order valence-electron chi connectivity index (χ3n) is 4.78. The van der Waals surface area contributed by atoms with Crippen molar-refractivity contribution >= 4 is 16.0 Å². The summed E-state index contributed by atoms with van der Waals surface area (Å²) in [5.74, 6) is -0.234. The van der Waals surface area contributed by atoms with Gasteiger partial charge in [0.1, 0.15) is 5.75 Å². The number of halogens is 3. The molecule has 1 saturated heterocycles. The molecule has 1 heterocycles. The Bertz CT molecular complexity index is 1080. The molecular formula is C21H20F3NO5S. The van der Waals surface area contributed by atoms with Crippen molar-refractivity contribution in [2.75, 3.05) is 13.7 Å². The molecule has 31 heavy (non-hydrogen) atoms. The molecular weight excluding hydrogens is 435 g/mol. The molecule has 166 valence electrons. The van der Waals surface area contributed by atoms with E-state index >= 15 is 0 Å². The van der Waals surface area contributed by atoms with E-state index in [2.05, 4.69) is 0 Å². The fourth-order valence-corrected chi connectivity index (χ4v) is 4.91. The Balaban J connectivity index is 1.99. The van der Waals surface area contributed by atoms with Crippen LogP contribution < -0.4 is 4.74 Å². The Morgan fingerprint density at radius 2 is 1.74 bits per heavy atom. The molecule has 10 heteroatoms. The number of nitrogens with zero attached hydrogens (tertiary/aromatic N) is 1. The van der Waals surface area contributed by atoms with Crippen molar-refractivity contribution in [3.8, 4) is 5.75 Å². The number of alkyl halides is 3. The minimum absolute atomic E-state index is 0.0420. The maximum absolute atomic E-state index is 13.3. The average Bonchev–Trinajstić information content (AvgIpc) is 2.70. The molecule has 6 nitrogen and oxygen atoms in total. The van der Waals surface area contributed by atoms with Crippen LogP contribution in [-0.2, 0) is 25.7 Å². The highest BCUT2D eigenvalue weighted by Crippen LogP contribution is 2.46. The summed E-state index contributed by atoms with van der Waals surface area (Å²) in [7, 11) is -2.65. The van der Waals surface area contributed by atoms with Gasteiger partial charge in [-0.25, -0.2) is 13.2 Å². The Kier molecular flexibility index (Phi) is 6.30. The summed E-state index contributed by atoms with van der Waals surface area (Å²) in [6, 6.07) is 9.21. The zero-order chi connectivity index (χ0) is 22.8. The van der Waals surface area contributed by atoms with Gasteiger partial charge >= 0.3 is 12.1 Å². The lowest BCUT2D eigenvalue weighted by atomic mass is 9.93. The first-order valence-corrected chi connectivity index (χ1v) is 10.7. The summed E-state index contributed by atoms with van der Waals surface area (Å²) < 4.78 is 76.1. The molecule has 0 aliphatic carbocycles. The zero-order valence-corrected chi connectivity index (χ0v) is 17.5. The van der Waals surface area contributed by atoms with Crippen molar-refractivity contribution in [2.24, 2.45) is 0 Å². The molecule has 1 aliphatic heterocycles. The summed E-state index contributed by atoms with van der Waals surface area (Å²) in [5, 5.41) is 0. The Hall–Kier alpha value is -3.01. The van der Waals surface area contributed by atoms with Crippen LogP contribution in [0, 0.1) is 0 Å². The summed E-state index contributed by atoms with van der Waals surface area (Å²) in [4.78, 5) is 11.8. The van der Waals surface area contributed by atoms with Gasteiger partial charge in [0, 0.05) is 18.2 Å². The van der Waals surface area contributed by atoms with Crippen molar-refractivity contribution in [3.05, 3.63) is 71.4 Å². The van der Waals surface area contributed by atoms with Gasteiger partial charge in [0.2, 0.25) is 0 Å². The molecule has 0 unspecified atom stereocenters. The first-order valence-electron chi connectivity index (χ1n) is 9.31. The molecule has 0 saturated carbocycles. The number of rotatable bonds is 6. The van der Waals surface area contributed by atoms with E-state index in [1.54, 1.807) is 6.92 Å². The highest BCUT2D eigenvalue weighted by molar-refractivity contribution is 7.89. The minimum atomic E-state index is -4.50. The highest BCUT2D eigenvalue weighted by atomic mass is 32.2. The number of methoxy groups -OCH3 is 1. The largest absolute Gasteiger partial charge is 0.497 e. The predicted octanol–water partition coefficient (Wildman–Crippen LogP) is 4.30. The lowest BCUT2D eigenvalue weighted by Crippen LogP contribution is -2.43. The summed E-state index contributed by atoms with van der Waals surface area (Å²) in [6.45, 7) is 1.74. The second-order valence-corrected chi connectivity index (χ2v) is 8.52. The van der Waals surface area contributed by atoms with E-state index in [0.717, 1.165) is 22.5 Å². The maximum atomic E-state index is 13.3. The molecule has 0 spiro atoms. The highest BCUT2D eigenvalue weighted by Gasteiger charge is 2.43. The molecule has 2 aromatic carbocycles. The van der Waals surface area contributed by atoms with Crippen LogP contribution in [0.2, 0.25) is 0 Å². The Morgan fingerprint density at radius 1 is 1.13 bits per heavy atom. The molecule has 1 fully saturated rings. The number of sulfonamides is 1. The summed E-state index contributed by atoms with van der Waals surface area (Å²) >= 11 is 0. The van der Waals surface area contributed by atoms with Gasteiger partial charge in [-0.3, -0.25) is 4.31 Å². The van der Waals surface area contributed by atoms with Gasteiger partial charge in [0.25, 0.3) is 10.0 Å². The van der Waals surface area contributed by atoms with Crippen molar-refractivity contribution in [1.82, 2.24) is 4.31 Å². The number of hydrogen-bond donors (Lipinski definition) is 0. The molecule has 0 amide bonds. The quantitative estimate of drug-likeness (QED) is 0.480. The van der Waals surface area contributed by atoms with E-state index in [0.29, 0.717) is 11.3 Å². The lowest BCUT2D eigenvalue weighted by Gasteiger charge is -2.44. The second kappa shape index (κ2) is 8.62. The van der Waals surface area contributed by atoms with Crippen LogP contribution in [-0.4, -0.2) is 32.4 Å². The van der Waals surface area contributed by atoms with Crippen LogP contribution >= 0.6 is 0 Å². The lowest BCUT2D eigenvalue weighted by molar-refractivity contribution is -0.138. The molecule has 2 aromatic rings. The van der Waals surface area contributed by atoms with Crippen molar-refractivity contribution in [2.45, 2.75) is 30.5 Å². The van der Waals surface area contributed by atoms with Gasteiger partial charge in [0.05, 0.1) is 30.2 Å². The summed E-state index contributed by atoms with van der Waals surface area (Å²) in [6.07, 6.45) is -3.26. The number of benzene rings is 2. The molecule has 3 rings (SSSR count). The molecule has 0 bridgehead atoms. The number of esters is 1. The van der Waals surface area contributed by atoms with Gasteiger partial charge in [-0.2, -0.15) is 13.2 Å². The van der Waals surface area contributed by atoms with Crippen LogP contribution in [0.15, 0.2) is 65.2 Å². The van der Waals surface area contributed by atoms with Crippen molar-refractivity contribution in [1.29, 1.82) is 0 Å². The van der Waals surface area contributed by atoms with E-state index < -0.39 is 33.8 Å². The van der Waals surface area contributed by atoms with Crippen LogP contribution in [0.1, 0.15) is 30.5 Å². The number of ether oxygens (including phenoxy) is 2. The van der Waals surface area contributed by atoms with Gasteiger partial charge < -0.3 is 9.47 Å². The SMILES string of the molecule is CCOC(=O)/C=C1\C[C@H](c2ccc(C(F)(F)F)cc2)N1S(=O)(=O)c1ccc(OC)cc1. The van der Waals surface area contributed by atoms with Crippen LogP contribution in [0.3, 0.4) is 0 Å². The second-order valence-electron chi connectivity index (χ2n) is 6.70. The smallest absolute Gasteiger partial charge is 0.416 e. The molecule has 0 aromatic heterocycles. The number of carbonyl (C=O) groups excluding carboxylic acids is 1. The number of hydrogen-bond acceptors (Lipinski definition) is 5. The van der Waals surface area contributed by atoms with Gasteiger partial charge in [0.15, 0.2) is 0 Å². The summed E-state index contributed by atoms with van der Waals surface area (Å²) in [5.41, 5.74) is -0.257.